The van der Waals surface area contributed by atoms with Gasteiger partial charge < -0.3 is 0 Å². The zero-order chi connectivity index (χ0) is 7.40. The maximum Gasteiger partial charge on any atom is 0.0700 e. The summed E-state index contributed by atoms with van der Waals surface area (Å²) in [7, 11) is 0. The zero-order valence-electron chi connectivity index (χ0n) is 5.91. The van der Waals surface area contributed by atoms with Crippen LogP contribution in [0.25, 0.3) is 0 Å². The topological polar surface area (TPSA) is 23.8 Å². The summed E-state index contributed by atoms with van der Waals surface area (Å²) in [5.74, 6) is 0.0150. The van der Waals surface area contributed by atoms with Gasteiger partial charge in [0.2, 0.25) is 0 Å². The molecule has 0 bridgehead atoms. The molecule has 0 aliphatic heterocycles. The first-order valence-corrected chi connectivity index (χ1v) is 3.29. The lowest BCUT2D eigenvalue weighted by Crippen LogP contribution is -1.86. The van der Waals surface area contributed by atoms with E-state index in [2.05, 4.69) is 6.07 Å². The van der Waals surface area contributed by atoms with Gasteiger partial charge in [0.05, 0.1) is 12.0 Å². The number of nitriles is 1. The Morgan fingerprint density at radius 2 is 1.90 bits per heavy atom. The molecule has 0 radical (unpaired) electrons. The van der Waals surface area contributed by atoms with Crippen LogP contribution < -0.4 is 0 Å². The molecule has 1 rings (SSSR count). The van der Waals surface area contributed by atoms with Crippen LogP contribution in [0.4, 0.5) is 0 Å². The maximum absolute atomic E-state index is 8.54. The average Bonchev–Trinajstić information content (AvgIpc) is 2.05. The fourth-order valence-electron chi connectivity index (χ4n) is 0.816. The molecule has 50 valence electrons. The normalized spacial score (nSPS) is 12.0. The Morgan fingerprint density at radius 1 is 1.30 bits per heavy atom. The third-order valence-corrected chi connectivity index (χ3v) is 1.49. The zero-order valence-corrected chi connectivity index (χ0v) is 5.91. The van der Waals surface area contributed by atoms with E-state index in [9.17, 15) is 0 Å². The Balaban J connectivity index is 2.88. The second kappa shape index (κ2) is 3.03. The first kappa shape index (κ1) is 6.82. The molecule has 1 atom stereocenters. The van der Waals surface area contributed by atoms with E-state index in [0.29, 0.717) is 0 Å². The molecule has 0 aromatic heterocycles. The Labute approximate surface area is 60.9 Å². The van der Waals surface area contributed by atoms with E-state index in [0.717, 1.165) is 5.56 Å². The van der Waals surface area contributed by atoms with Gasteiger partial charge in [-0.2, -0.15) is 5.26 Å². The van der Waals surface area contributed by atoms with Crippen molar-refractivity contribution in [2.45, 2.75) is 12.8 Å². The summed E-state index contributed by atoms with van der Waals surface area (Å²) >= 11 is 0. The van der Waals surface area contributed by atoms with Gasteiger partial charge in [0.1, 0.15) is 0 Å². The van der Waals surface area contributed by atoms with Crippen LogP contribution >= 0.6 is 0 Å². The third-order valence-electron chi connectivity index (χ3n) is 1.49. The van der Waals surface area contributed by atoms with Crippen LogP contribution in [0.5, 0.6) is 0 Å². The van der Waals surface area contributed by atoms with Gasteiger partial charge in [-0.05, 0) is 12.5 Å². The fourth-order valence-corrected chi connectivity index (χ4v) is 0.816. The Morgan fingerprint density at radius 3 is 2.40 bits per heavy atom. The van der Waals surface area contributed by atoms with Crippen molar-refractivity contribution in [3.05, 3.63) is 35.9 Å². The minimum absolute atomic E-state index is 0.0150. The van der Waals surface area contributed by atoms with Crippen LogP contribution in [0.15, 0.2) is 30.3 Å². The van der Waals surface area contributed by atoms with Gasteiger partial charge in [-0.1, -0.05) is 30.3 Å². The first-order chi connectivity index (χ1) is 4.84. The third kappa shape index (κ3) is 1.35. The summed E-state index contributed by atoms with van der Waals surface area (Å²) in [5, 5.41) is 8.54. The smallest absolute Gasteiger partial charge is 0.0700 e. The van der Waals surface area contributed by atoms with E-state index in [-0.39, 0.29) is 5.92 Å². The molecule has 10 heavy (non-hydrogen) atoms. The molecular weight excluding hydrogens is 123 g/mol. The van der Waals surface area contributed by atoms with E-state index >= 15 is 0 Å². The maximum atomic E-state index is 8.54. The molecule has 1 unspecified atom stereocenters. The quantitative estimate of drug-likeness (QED) is 0.538. The van der Waals surface area contributed by atoms with Gasteiger partial charge in [-0.3, -0.25) is 0 Å². The minimum atomic E-state index is 0.0150. The van der Waals surface area contributed by atoms with E-state index in [1.165, 1.54) is 0 Å². The molecule has 1 nitrogen and oxygen atoms in total. The highest BCUT2D eigenvalue weighted by atomic mass is 14.5. The monoisotopic (exact) mass is 132 g/mol. The van der Waals surface area contributed by atoms with Crippen molar-refractivity contribution in [3.8, 4) is 6.07 Å². The SMILES string of the molecule is C[13CH](C#N)c1ccccc1. The molecule has 0 fully saturated rings. The van der Waals surface area contributed by atoms with Crippen molar-refractivity contribution < 1.29 is 0 Å². The van der Waals surface area contributed by atoms with Crippen molar-refractivity contribution in [2.75, 3.05) is 0 Å². The van der Waals surface area contributed by atoms with Crippen LogP contribution in [0.3, 0.4) is 0 Å². The minimum Gasteiger partial charge on any atom is -0.198 e. The van der Waals surface area contributed by atoms with Crippen LogP contribution in [0, 0.1) is 11.3 Å². The van der Waals surface area contributed by atoms with Crippen LogP contribution in [0.1, 0.15) is 18.4 Å². The van der Waals surface area contributed by atoms with Gasteiger partial charge in [-0.15, -0.1) is 0 Å². The summed E-state index contributed by atoms with van der Waals surface area (Å²) in [6, 6.07) is 12.0. The van der Waals surface area contributed by atoms with Crippen molar-refractivity contribution in [3.63, 3.8) is 0 Å². The highest BCUT2D eigenvalue weighted by molar-refractivity contribution is 5.23. The van der Waals surface area contributed by atoms with Crippen LogP contribution in [-0.2, 0) is 0 Å². The number of nitrogens with zero attached hydrogens (tertiary/aromatic N) is 1. The second-order valence-corrected chi connectivity index (χ2v) is 2.26. The number of rotatable bonds is 1. The summed E-state index contributed by atoms with van der Waals surface area (Å²) in [6.07, 6.45) is 0. The predicted octanol–water partition coefficient (Wildman–Crippen LogP) is 2.31. The molecule has 0 heterocycles. The molecule has 0 spiro atoms. The molecule has 0 N–H and O–H groups in total. The lowest BCUT2D eigenvalue weighted by atomic mass is 10.2. The van der Waals surface area contributed by atoms with E-state index in [4.69, 9.17) is 5.26 Å². The van der Waals surface area contributed by atoms with Gasteiger partial charge in [-0.25, -0.2) is 0 Å². The van der Waals surface area contributed by atoms with Gasteiger partial charge >= 0.3 is 0 Å². The summed E-state index contributed by atoms with van der Waals surface area (Å²) < 4.78 is 0. The number of hydrogen-bond acceptors (Lipinski definition) is 1. The fraction of sp³-hybridized carbons (Fsp3) is 0.222. The average molecular weight is 132 g/mol. The predicted molar refractivity (Wildman–Crippen MR) is 40.5 cm³/mol. The first-order valence-electron chi connectivity index (χ1n) is 3.29. The summed E-state index contributed by atoms with van der Waals surface area (Å²) in [5.41, 5.74) is 1.09. The number of benzene rings is 1. The molecular formula is C9H9N. The largest absolute Gasteiger partial charge is 0.198 e. The second-order valence-electron chi connectivity index (χ2n) is 2.26. The molecule has 0 amide bonds. The van der Waals surface area contributed by atoms with Crippen LogP contribution in [0.2, 0.25) is 0 Å². The highest BCUT2D eigenvalue weighted by Crippen LogP contribution is 2.11. The van der Waals surface area contributed by atoms with Gasteiger partial charge in [0.15, 0.2) is 0 Å². The molecule has 0 aliphatic carbocycles. The standard InChI is InChI=1S/C9H9N/c1-8(7-10)9-5-3-2-4-6-9/h2-6,8H,1H3/i8+1. The molecule has 0 saturated heterocycles. The lowest BCUT2D eigenvalue weighted by molar-refractivity contribution is 0.982. The highest BCUT2D eigenvalue weighted by Gasteiger charge is 1.99. The summed E-state index contributed by atoms with van der Waals surface area (Å²) in [4.78, 5) is 0. The van der Waals surface area contributed by atoms with Crippen molar-refractivity contribution in [2.24, 2.45) is 0 Å². The Bertz CT molecular complexity index is 233. The van der Waals surface area contributed by atoms with Gasteiger partial charge in [0, 0.05) is 0 Å². The Hall–Kier alpha value is -1.29. The molecule has 0 saturated carbocycles. The van der Waals surface area contributed by atoms with E-state index in [1.807, 2.05) is 37.3 Å². The molecule has 1 aromatic carbocycles. The van der Waals surface area contributed by atoms with Gasteiger partial charge in [0.25, 0.3) is 0 Å². The molecule has 1 aromatic rings. The van der Waals surface area contributed by atoms with Crippen molar-refractivity contribution in [1.82, 2.24) is 0 Å². The van der Waals surface area contributed by atoms with E-state index < -0.39 is 0 Å². The molecule has 1 heteroatoms. The molecule has 0 aliphatic rings. The van der Waals surface area contributed by atoms with Crippen molar-refractivity contribution in [1.29, 1.82) is 5.26 Å². The van der Waals surface area contributed by atoms with Crippen LogP contribution in [-0.4, -0.2) is 0 Å². The Kier molecular flexibility index (Phi) is 2.07. The van der Waals surface area contributed by atoms with E-state index in [1.54, 1.807) is 0 Å². The number of hydrogen-bond donors (Lipinski definition) is 0. The van der Waals surface area contributed by atoms with Crippen molar-refractivity contribution >= 4 is 0 Å². The summed E-state index contributed by atoms with van der Waals surface area (Å²) in [6.45, 7) is 1.90. The lowest BCUT2D eigenvalue weighted by Gasteiger charge is -1.99.